The molecule has 0 unspecified atom stereocenters. The average molecular weight is 178 g/mol. The van der Waals surface area contributed by atoms with Gasteiger partial charge < -0.3 is 5.73 Å². The van der Waals surface area contributed by atoms with Crippen molar-refractivity contribution in [2.45, 2.75) is 0 Å². The van der Waals surface area contributed by atoms with Gasteiger partial charge in [-0.1, -0.05) is 6.07 Å². The van der Waals surface area contributed by atoms with Crippen molar-refractivity contribution in [2.75, 3.05) is 7.05 Å². The summed E-state index contributed by atoms with van der Waals surface area (Å²) in [5, 5.41) is 4.84. The maximum absolute atomic E-state index is 10.5. The number of hydrogen-bond donors (Lipinski definition) is 1. The number of urea groups is 1. The molecule has 1 heterocycles. The smallest absolute Gasteiger partial charge is 0.334 e. The molecule has 5 heteroatoms. The zero-order chi connectivity index (χ0) is 9.68. The van der Waals surface area contributed by atoms with Gasteiger partial charge in [0.25, 0.3) is 0 Å². The highest BCUT2D eigenvalue weighted by Gasteiger charge is 1.96. The van der Waals surface area contributed by atoms with Crippen LogP contribution in [0.5, 0.6) is 0 Å². The van der Waals surface area contributed by atoms with Crippen LogP contribution in [-0.2, 0) is 0 Å². The van der Waals surface area contributed by atoms with Crippen molar-refractivity contribution in [3.63, 3.8) is 0 Å². The van der Waals surface area contributed by atoms with Crippen molar-refractivity contribution in [3.05, 3.63) is 30.1 Å². The number of nitrogens with two attached hydrogens (primary N) is 1. The van der Waals surface area contributed by atoms with Gasteiger partial charge in [-0.25, -0.2) is 9.80 Å². The van der Waals surface area contributed by atoms with Gasteiger partial charge in [0.15, 0.2) is 0 Å². The second-order valence-electron chi connectivity index (χ2n) is 2.39. The molecular weight excluding hydrogens is 168 g/mol. The molecule has 0 aromatic carbocycles. The summed E-state index contributed by atoms with van der Waals surface area (Å²) in [6.07, 6.45) is 4.81. The van der Waals surface area contributed by atoms with E-state index in [1.807, 2.05) is 6.07 Å². The molecule has 0 aliphatic heterocycles. The molecule has 0 saturated heterocycles. The number of aromatic nitrogens is 1. The largest absolute Gasteiger partial charge is 0.350 e. The van der Waals surface area contributed by atoms with E-state index in [9.17, 15) is 4.79 Å². The molecule has 0 bridgehead atoms. The lowest BCUT2D eigenvalue weighted by molar-refractivity contribution is 0.220. The Morgan fingerprint density at radius 2 is 2.54 bits per heavy atom. The van der Waals surface area contributed by atoms with Crippen molar-refractivity contribution in [3.8, 4) is 0 Å². The van der Waals surface area contributed by atoms with Crippen LogP contribution in [0.15, 0.2) is 29.6 Å². The summed E-state index contributed by atoms with van der Waals surface area (Å²) in [5.41, 5.74) is 5.77. The highest BCUT2D eigenvalue weighted by atomic mass is 16.2. The number of pyridine rings is 1. The molecule has 0 aliphatic carbocycles. The minimum absolute atomic E-state index is 0.597. The summed E-state index contributed by atoms with van der Waals surface area (Å²) in [7, 11) is 1.48. The lowest BCUT2D eigenvalue weighted by Gasteiger charge is -2.04. The molecule has 0 atom stereocenters. The molecule has 2 N–H and O–H groups in total. The molecule has 1 rings (SSSR count). The van der Waals surface area contributed by atoms with E-state index in [4.69, 9.17) is 5.73 Å². The Morgan fingerprint density at radius 3 is 3.08 bits per heavy atom. The summed E-state index contributed by atoms with van der Waals surface area (Å²) in [5.74, 6) is 0. The van der Waals surface area contributed by atoms with E-state index in [1.165, 1.54) is 13.3 Å². The summed E-state index contributed by atoms with van der Waals surface area (Å²) >= 11 is 0. The summed E-state index contributed by atoms with van der Waals surface area (Å²) in [4.78, 5) is 14.4. The minimum Gasteiger partial charge on any atom is -0.350 e. The topological polar surface area (TPSA) is 71.6 Å². The molecule has 2 amide bonds. The fourth-order valence-corrected chi connectivity index (χ4v) is 0.663. The van der Waals surface area contributed by atoms with Crippen LogP contribution in [0.1, 0.15) is 5.56 Å². The van der Waals surface area contributed by atoms with Crippen molar-refractivity contribution >= 4 is 12.2 Å². The number of carbonyl (C=O) groups is 1. The van der Waals surface area contributed by atoms with Crippen LogP contribution in [0.25, 0.3) is 0 Å². The number of hydrogen-bond acceptors (Lipinski definition) is 3. The van der Waals surface area contributed by atoms with Crippen LogP contribution in [0, 0.1) is 0 Å². The lowest BCUT2D eigenvalue weighted by atomic mass is 10.3. The molecular formula is C8H10N4O. The van der Waals surface area contributed by atoms with Gasteiger partial charge in [0.2, 0.25) is 0 Å². The van der Waals surface area contributed by atoms with E-state index in [1.54, 1.807) is 18.5 Å². The maximum atomic E-state index is 10.5. The summed E-state index contributed by atoms with van der Waals surface area (Å²) < 4.78 is 0. The summed E-state index contributed by atoms with van der Waals surface area (Å²) in [6, 6.07) is 3.01. The molecule has 0 fully saturated rings. The molecule has 1 aromatic rings. The van der Waals surface area contributed by atoms with Gasteiger partial charge in [-0.15, -0.1) is 0 Å². The number of carbonyl (C=O) groups excluding carboxylic acids is 1. The van der Waals surface area contributed by atoms with Crippen LogP contribution >= 0.6 is 0 Å². The van der Waals surface area contributed by atoms with Crippen molar-refractivity contribution < 1.29 is 4.79 Å². The van der Waals surface area contributed by atoms with Crippen molar-refractivity contribution in [1.29, 1.82) is 0 Å². The maximum Gasteiger partial charge on any atom is 0.334 e. The molecule has 13 heavy (non-hydrogen) atoms. The second-order valence-corrected chi connectivity index (χ2v) is 2.39. The number of nitrogens with zero attached hydrogens (tertiary/aromatic N) is 3. The lowest BCUT2D eigenvalue weighted by Crippen LogP contribution is -2.27. The number of hydrazone groups is 1. The normalized spacial score (nSPS) is 10.2. The third kappa shape index (κ3) is 2.90. The van der Waals surface area contributed by atoms with Gasteiger partial charge in [-0.05, 0) is 6.07 Å². The SMILES string of the molecule is CN(/N=C/c1cccnc1)C(N)=O. The van der Waals surface area contributed by atoms with Crippen LogP contribution < -0.4 is 5.73 Å². The van der Waals surface area contributed by atoms with Crippen LogP contribution in [0.3, 0.4) is 0 Å². The van der Waals surface area contributed by atoms with Gasteiger partial charge in [0, 0.05) is 25.0 Å². The summed E-state index contributed by atoms with van der Waals surface area (Å²) in [6.45, 7) is 0. The highest BCUT2D eigenvalue weighted by Crippen LogP contribution is 1.91. The zero-order valence-electron chi connectivity index (χ0n) is 7.21. The van der Waals surface area contributed by atoms with E-state index in [-0.39, 0.29) is 0 Å². The fraction of sp³-hybridized carbons (Fsp3) is 0.125. The van der Waals surface area contributed by atoms with E-state index in [0.717, 1.165) is 10.6 Å². The van der Waals surface area contributed by atoms with Gasteiger partial charge in [0.05, 0.1) is 6.21 Å². The first-order valence-corrected chi connectivity index (χ1v) is 3.67. The standard InChI is InChI=1S/C8H10N4O/c1-12(8(9)13)11-6-7-3-2-4-10-5-7/h2-6H,1H3,(H2,9,13)/b11-6+. The molecule has 68 valence electrons. The molecule has 0 aliphatic rings. The predicted molar refractivity (Wildman–Crippen MR) is 49.2 cm³/mol. The van der Waals surface area contributed by atoms with Crippen LogP contribution in [-0.4, -0.2) is 29.3 Å². The van der Waals surface area contributed by atoms with Gasteiger partial charge in [0.1, 0.15) is 0 Å². The Hall–Kier alpha value is -1.91. The Kier molecular flexibility index (Phi) is 2.97. The molecule has 0 spiro atoms. The van der Waals surface area contributed by atoms with Crippen LogP contribution in [0.4, 0.5) is 4.79 Å². The first-order valence-electron chi connectivity index (χ1n) is 3.67. The monoisotopic (exact) mass is 178 g/mol. The van der Waals surface area contributed by atoms with Gasteiger partial charge in [-0.3, -0.25) is 4.98 Å². The molecule has 5 nitrogen and oxygen atoms in total. The average Bonchev–Trinajstić information content (AvgIpc) is 2.15. The Balaban J connectivity index is 2.64. The first-order chi connectivity index (χ1) is 6.20. The second kappa shape index (κ2) is 4.20. The highest BCUT2D eigenvalue weighted by molar-refractivity contribution is 5.80. The number of primary amides is 1. The van der Waals surface area contributed by atoms with E-state index in [2.05, 4.69) is 10.1 Å². The van der Waals surface area contributed by atoms with Gasteiger partial charge in [-0.2, -0.15) is 5.10 Å². The van der Waals surface area contributed by atoms with E-state index in [0.29, 0.717) is 0 Å². The van der Waals surface area contributed by atoms with Gasteiger partial charge >= 0.3 is 6.03 Å². The Morgan fingerprint density at radius 1 is 1.77 bits per heavy atom. The minimum atomic E-state index is -0.597. The first kappa shape index (κ1) is 9.18. The quantitative estimate of drug-likeness (QED) is 0.526. The van der Waals surface area contributed by atoms with Crippen molar-refractivity contribution in [1.82, 2.24) is 9.99 Å². The van der Waals surface area contributed by atoms with E-state index < -0.39 is 6.03 Å². The molecule has 0 radical (unpaired) electrons. The third-order valence-corrected chi connectivity index (χ3v) is 1.38. The Bertz CT molecular complexity index is 309. The molecule has 1 aromatic heterocycles. The third-order valence-electron chi connectivity index (χ3n) is 1.38. The Labute approximate surface area is 75.9 Å². The fourth-order valence-electron chi connectivity index (χ4n) is 0.663. The zero-order valence-corrected chi connectivity index (χ0v) is 7.21. The van der Waals surface area contributed by atoms with Crippen LogP contribution in [0.2, 0.25) is 0 Å². The number of rotatable bonds is 2. The number of amides is 2. The van der Waals surface area contributed by atoms with Crippen molar-refractivity contribution in [2.24, 2.45) is 10.8 Å². The predicted octanol–water partition coefficient (Wildman–Crippen LogP) is 0.426. The van der Waals surface area contributed by atoms with E-state index >= 15 is 0 Å². The molecule has 0 saturated carbocycles.